The zero-order chi connectivity index (χ0) is 22.1. The first-order valence-electron chi connectivity index (χ1n) is 10.0. The lowest BCUT2D eigenvalue weighted by Gasteiger charge is -2.13. The first kappa shape index (κ1) is 19.5. The average molecular weight is 424 g/mol. The van der Waals surface area contributed by atoms with Crippen molar-refractivity contribution in [1.29, 1.82) is 0 Å². The van der Waals surface area contributed by atoms with E-state index in [2.05, 4.69) is 15.3 Å². The second kappa shape index (κ2) is 7.99. The molecule has 2 aromatic carbocycles. The Morgan fingerprint density at radius 3 is 2.53 bits per heavy atom. The zero-order valence-corrected chi connectivity index (χ0v) is 17.6. The topological polar surface area (TPSA) is 79.8 Å². The van der Waals surface area contributed by atoms with E-state index in [1.165, 1.54) is 6.07 Å². The minimum Gasteiger partial charge on any atom is -0.494 e. The summed E-state index contributed by atoms with van der Waals surface area (Å²) in [5, 5.41) is 13.2. The summed E-state index contributed by atoms with van der Waals surface area (Å²) in [6.45, 7) is 0. The standard InChI is InChI=1S/C24H20N6O2/c1-28-16-18(15-26-28)17-8-9-20(23(14-17)32-2)29-13-11-22(31)24(27-29)21-10-12-25-30(21)19-6-4-3-5-7-19/h3-16H,1-2H3. The van der Waals surface area contributed by atoms with Crippen LogP contribution < -0.4 is 10.2 Å². The molecular weight excluding hydrogens is 404 g/mol. The van der Waals surface area contributed by atoms with Gasteiger partial charge in [-0.3, -0.25) is 9.48 Å². The van der Waals surface area contributed by atoms with Crippen molar-refractivity contribution in [3.8, 4) is 39.6 Å². The highest BCUT2D eigenvalue weighted by Gasteiger charge is 2.15. The van der Waals surface area contributed by atoms with Crippen LogP contribution in [0.15, 0.2) is 90.2 Å². The lowest BCUT2D eigenvalue weighted by molar-refractivity contribution is 0.411. The Bertz CT molecular complexity index is 1450. The summed E-state index contributed by atoms with van der Waals surface area (Å²) in [6, 6.07) is 18.7. The van der Waals surface area contributed by atoms with E-state index in [0.29, 0.717) is 22.8 Å². The molecule has 5 rings (SSSR count). The smallest absolute Gasteiger partial charge is 0.209 e. The average Bonchev–Trinajstić information content (AvgIpc) is 3.49. The van der Waals surface area contributed by atoms with Crippen molar-refractivity contribution in [1.82, 2.24) is 29.3 Å². The maximum atomic E-state index is 12.7. The number of ether oxygens (including phenoxy) is 1. The lowest BCUT2D eigenvalue weighted by Crippen LogP contribution is -2.15. The SMILES string of the molecule is COc1cc(-c2cnn(C)c2)ccc1-n1ccc(=O)c(-c2ccnn2-c2ccccc2)n1. The Labute approximate surface area is 183 Å². The van der Waals surface area contributed by atoms with Gasteiger partial charge in [-0.2, -0.15) is 15.3 Å². The van der Waals surface area contributed by atoms with Crippen LogP contribution in [0.5, 0.6) is 5.75 Å². The third-order valence-electron chi connectivity index (χ3n) is 5.16. The van der Waals surface area contributed by atoms with Crippen molar-refractivity contribution in [2.24, 2.45) is 7.05 Å². The maximum absolute atomic E-state index is 12.7. The Morgan fingerprint density at radius 1 is 0.938 bits per heavy atom. The lowest BCUT2D eigenvalue weighted by atomic mass is 10.1. The van der Waals surface area contributed by atoms with Gasteiger partial charge in [0, 0.05) is 31.1 Å². The molecule has 0 aliphatic carbocycles. The quantitative estimate of drug-likeness (QED) is 0.431. The summed E-state index contributed by atoms with van der Waals surface area (Å²) in [5.41, 5.74) is 4.24. The van der Waals surface area contributed by atoms with Gasteiger partial charge >= 0.3 is 0 Å². The number of methoxy groups -OCH3 is 1. The summed E-state index contributed by atoms with van der Waals surface area (Å²) < 4.78 is 10.7. The van der Waals surface area contributed by atoms with Gasteiger partial charge in [-0.1, -0.05) is 24.3 Å². The number of para-hydroxylation sites is 1. The Morgan fingerprint density at radius 2 is 1.78 bits per heavy atom. The van der Waals surface area contributed by atoms with Crippen molar-refractivity contribution < 1.29 is 4.74 Å². The highest BCUT2D eigenvalue weighted by atomic mass is 16.5. The first-order valence-corrected chi connectivity index (χ1v) is 10.0. The third kappa shape index (κ3) is 3.47. The number of hydrogen-bond acceptors (Lipinski definition) is 5. The van der Waals surface area contributed by atoms with Crippen LogP contribution in [-0.2, 0) is 7.05 Å². The van der Waals surface area contributed by atoms with Crippen LogP contribution in [0.4, 0.5) is 0 Å². The van der Waals surface area contributed by atoms with E-state index in [1.807, 2.05) is 61.8 Å². The van der Waals surface area contributed by atoms with Gasteiger partial charge in [0.1, 0.15) is 11.4 Å². The van der Waals surface area contributed by atoms with Gasteiger partial charge in [-0.25, -0.2) is 9.36 Å². The van der Waals surface area contributed by atoms with E-state index >= 15 is 0 Å². The molecule has 3 aromatic heterocycles. The zero-order valence-electron chi connectivity index (χ0n) is 17.6. The molecule has 0 amide bonds. The number of hydrogen-bond donors (Lipinski definition) is 0. The summed E-state index contributed by atoms with van der Waals surface area (Å²) in [7, 11) is 3.49. The maximum Gasteiger partial charge on any atom is 0.209 e. The Kier molecular flexibility index (Phi) is 4.87. The molecule has 0 N–H and O–H groups in total. The van der Waals surface area contributed by atoms with E-state index in [-0.39, 0.29) is 5.43 Å². The molecule has 158 valence electrons. The van der Waals surface area contributed by atoms with Crippen LogP contribution in [0, 0.1) is 0 Å². The van der Waals surface area contributed by atoms with Gasteiger partial charge in [-0.05, 0) is 35.9 Å². The molecule has 0 spiro atoms. The second-order valence-electron chi connectivity index (χ2n) is 7.23. The fourth-order valence-electron chi connectivity index (χ4n) is 3.59. The predicted octanol–water partition coefficient (Wildman–Crippen LogP) is 3.49. The number of aryl methyl sites for hydroxylation is 1. The van der Waals surface area contributed by atoms with E-state index in [9.17, 15) is 4.79 Å². The molecule has 0 saturated heterocycles. The van der Waals surface area contributed by atoms with E-state index < -0.39 is 0 Å². The van der Waals surface area contributed by atoms with Crippen LogP contribution in [0.25, 0.3) is 33.9 Å². The molecule has 32 heavy (non-hydrogen) atoms. The molecule has 0 radical (unpaired) electrons. The number of rotatable bonds is 5. The van der Waals surface area contributed by atoms with Gasteiger partial charge < -0.3 is 4.74 Å². The monoisotopic (exact) mass is 424 g/mol. The molecule has 0 bridgehead atoms. The normalized spacial score (nSPS) is 10.9. The van der Waals surface area contributed by atoms with Gasteiger partial charge in [0.2, 0.25) is 5.43 Å². The molecule has 0 atom stereocenters. The molecule has 5 aromatic rings. The Balaban J connectivity index is 1.60. The number of aromatic nitrogens is 6. The summed E-state index contributed by atoms with van der Waals surface area (Å²) in [5.74, 6) is 0.630. The minimum absolute atomic E-state index is 0.190. The fourth-order valence-corrected chi connectivity index (χ4v) is 3.59. The number of nitrogens with zero attached hydrogens (tertiary/aromatic N) is 6. The van der Waals surface area contributed by atoms with Crippen molar-refractivity contribution >= 4 is 0 Å². The molecule has 8 nitrogen and oxygen atoms in total. The third-order valence-corrected chi connectivity index (χ3v) is 5.16. The Hall–Kier alpha value is -4.46. The van der Waals surface area contributed by atoms with Crippen molar-refractivity contribution in [3.05, 3.63) is 95.7 Å². The molecule has 0 fully saturated rings. The van der Waals surface area contributed by atoms with E-state index in [0.717, 1.165) is 16.8 Å². The van der Waals surface area contributed by atoms with E-state index in [1.54, 1.807) is 45.8 Å². The van der Waals surface area contributed by atoms with Gasteiger partial charge in [0.05, 0.1) is 30.9 Å². The predicted molar refractivity (Wildman–Crippen MR) is 121 cm³/mol. The number of benzene rings is 2. The van der Waals surface area contributed by atoms with Crippen molar-refractivity contribution in [2.75, 3.05) is 7.11 Å². The molecule has 0 aliphatic heterocycles. The van der Waals surface area contributed by atoms with Gasteiger partial charge in [0.25, 0.3) is 0 Å². The largest absolute Gasteiger partial charge is 0.494 e. The molecule has 3 heterocycles. The summed E-state index contributed by atoms with van der Waals surface area (Å²) in [6.07, 6.45) is 7.03. The minimum atomic E-state index is -0.190. The highest BCUT2D eigenvalue weighted by Crippen LogP contribution is 2.29. The molecular formula is C24H20N6O2. The second-order valence-corrected chi connectivity index (χ2v) is 7.23. The van der Waals surface area contributed by atoms with Crippen LogP contribution in [0.3, 0.4) is 0 Å². The van der Waals surface area contributed by atoms with Gasteiger partial charge in [-0.15, -0.1) is 0 Å². The fraction of sp³-hybridized carbons (Fsp3) is 0.0833. The molecule has 0 saturated carbocycles. The van der Waals surface area contributed by atoms with Crippen LogP contribution in [-0.4, -0.2) is 36.5 Å². The summed E-state index contributed by atoms with van der Waals surface area (Å²) >= 11 is 0. The van der Waals surface area contributed by atoms with E-state index in [4.69, 9.17) is 4.74 Å². The van der Waals surface area contributed by atoms with Gasteiger partial charge in [0.15, 0.2) is 5.69 Å². The van der Waals surface area contributed by atoms with Crippen molar-refractivity contribution in [2.45, 2.75) is 0 Å². The first-order chi connectivity index (χ1) is 15.6. The van der Waals surface area contributed by atoms with Crippen LogP contribution in [0.2, 0.25) is 0 Å². The van der Waals surface area contributed by atoms with Crippen LogP contribution in [0.1, 0.15) is 0 Å². The molecule has 8 heteroatoms. The highest BCUT2D eigenvalue weighted by molar-refractivity contribution is 5.67. The van der Waals surface area contributed by atoms with Crippen molar-refractivity contribution in [3.63, 3.8) is 0 Å². The molecule has 0 unspecified atom stereocenters. The van der Waals surface area contributed by atoms with Crippen LogP contribution >= 0.6 is 0 Å². The molecule has 0 aliphatic rings. The summed E-state index contributed by atoms with van der Waals surface area (Å²) in [4.78, 5) is 12.7.